The molecule has 1 aromatic carbocycles. The largest absolute Gasteiger partial charge is 0.394 e. The molecule has 0 aromatic heterocycles. The minimum absolute atomic E-state index is 0.00984. The van der Waals surface area contributed by atoms with Gasteiger partial charge in [-0.2, -0.15) is 0 Å². The minimum atomic E-state index is -1.75. The number of hydrogen-bond acceptors (Lipinski definition) is 15. The Morgan fingerprint density at radius 2 is 1.20 bits per heavy atom. The van der Waals surface area contributed by atoms with Crippen molar-refractivity contribution in [1.82, 2.24) is 47.9 Å². The molecular weight excluding hydrogens is 915 g/mol. The maximum Gasteiger partial charge on any atom is 0.245 e. The Hall–Kier alpha value is -5.99. The van der Waals surface area contributed by atoms with Crippen LogP contribution >= 0.6 is 0 Å². The molecule has 70 heavy (non-hydrogen) atoms. The summed E-state index contributed by atoms with van der Waals surface area (Å²) in [4.78, 5) is 115. The predicted octanol–water partition coefficient (Wildman–Crippen LogP) is -5.30. The Labute approximate surface area is 408 Å². The van der Waals surface area contributed by atoms with Crippen LogP contribution in [0.4, 0.5) is 0 Å². The molecule has 1 aliphatic rings. The minimum Gasteiger partial charge on any atom is -0.394 e. The number of nitrogens with two attached hydrogens (primary N) is 3. The van der Waals surface area contributed by atoms with Crippen LogP contribution < -0.4 is 65.1 Å². The topological polar surface area (TPSA) is 416 Å². The first-order chi connectivity index (χ1) is 32.9. The van der Waals surface area contributed by atoms with Gasteiger partial charge < -0.3 is 85.5 Å². The summed E-state index contributed by atoms with van der Waals surface area (Å²) in [5, 5.41) is 65.3. The summed E-state index contributed by atoms with van der Waals surface area (Å²) in [5.41, 5.74) is 17.8. The first-order valence-corrected chi connectivity index (χ1v) is 23.5. The second-order valence-electron chi connectivity index (χ2n) is 18.2. The highest BCUT2D eigenvalue weighted by Gasteiger charge is 2.39. The quantitative estimate of drug-likeness (QED) is 0.0470. The Kier molecular flexibility index (Phi) is 25.7. The second kappa shape index (κ2) is 29.9. The van der Waals surface area contributed by atoms with E-state index in [0.29, 0.717) is 6.42 Å². The number of aliphatic hydroxyl groups is 4. The molecule has 19 N–H and O–H groups in total. The fraction of sp³-hybridized carbons (Fsp3) is 0.667. The number of carbonyl (C=O) groups excluding carboxylic acids is 8. The molecule has 12 atom stereocenters. The SMILES string of the molecule is CC[C@H](C)[C@@H]1NC(=O)[C@@H](CCCN=C(N)N)NC(=O)[C@H](CC(C)C)NC(=O)[C@H]([C@H](O)C(C)C)NC(=O)[C@@H](N)[C@@H](c2ccccc2)NC(=O)[C@H](CO)NC(=O)[C@H](CO)NC(=O)CNCC([C@H](C)O)NC1=O. The lowest BCUT2D eigenvalue weighted by Gasteiger charge is -2.32. The van der Waals surface area contributed by atoms with Crippen molar-refractivity contribution in [3.63, 3.8) is 0 Å². The molecule has 0 spiro atoms. The van der Waals surface area contributed by atoms with Crippen LogP contribution in [0.25, 0.3) is 0 Å². The Morgan fingerprint density at radius 1 is 0.671 bits per heavy atom. The molecule has 1 unspecified atom stereocenters. The van der Waals surface area contributed by atoms with Gasteiger partial charge in [-0.3, -0.25) is 43.3 Å². The first kappa shape index (κ1) is 60.1. The number of amides is 8. The van der Waals surface area contributed by atoms with Crippen molar-refractivity contribution >= 4 is 53.2 Å². The van der Waals surface area contributed by atoms with E-state index in [1.165, 1.54) is 19.1 Å². The predicted molar refractivity (Wildman–Crippen MR) is 257 cm³/mol. The summed E-state index contributed by atoms with van der Waals surface area (Å²) in [7, 11) is 0. The van der Waals surface area contributed by atoms with Crippen LogP contribution in [0.5, 0.6) is 0 Å². The second-order valence-corrected chi connectivity index (χ2v) is 18.2. The van der Waals surface area contributed by atoms with Crippen molar-refractivity contribution in [1.29, 1.82) is 0 Å². The molecule has 1 fully saturated rings. The lowest BCUT2D eigenvalue weighted by Crippen LogP contribution is -2.63. The number of nitrogens with one attached hydrogen (secondary N) is 9. The molecule has 2 rings (SSSR count). The van der Waals surface area contributed by atoms with Crippen LogP contribution in [0, 0.1) is 17.8 Å². The molecule has 1 saturated heterocycles. The number of benzene rings is 1. The van der Waals surface area contributed by atoms with E-state index in [0.717, 1.165) is 0 Å². The lowest BCUT2D eigenvalue weighted by molar-refractivity contribution is -0.137. The van der Waals surface area contributed by atoms with Crippen molar-refractivity contribution < 1.29 is 58.8 Å². The van der Waals surface area contributed by atoms with Crippen molar-refractivity contribution in [2.75, 3.05) is 32.8 Å². The van der Waals surface area contributed by atoms with E-state index in [1.54, 1.807) is 59.7 Å². The standard InChI is InChI=1S/C45H77N13O12/c1-8-24(6)34-43(69)54-29(25(7)61)18-49-19-32(62)51-30(20-59)40(66)55-31(21-60)41(67)57-35(26-13-10-9-11-14-26)33(46)42(68)58-36(37(63)23(4)5)44(70)53-28(17-22(2)3)39(65)52-27(38(64)56-34)15-12-16-50-45(47)48/h9-11,13-14,22-25,27-31,33-37,49,59-61,63H,8,12,15-21,46H2,1-7H3,(H,51,62)(H,52,65)(H,53,70)(H,54,69)(H,55,66)(H,56,64)(H,57,67)(H,58,68)(H4,47,48,50)/t24-,25-,27+,28-,29?,30-,31-,33-,34-,35+,36-,37+/m0/s1. The normalized spacial score (nSPS) is 27.1. The fourth-order valence-corrected chi connectivity index (χ4v) is 7.21. The highest BCUT2D eigenvalue weighted by molar-refractivity contribution is 5.97. The third-order valence-electron chi connectivity index (χ3n) is 11.6. The van der Waals surface area contributed by atoms with E-state index in [2.05, 4.69) is 52.8 Å². The van der Waals surface area contributed by atoms with Gasteiger partial charge in [-0.25, -0.2) is 0 Å². The van der Waals surface area contributed by atoms with Gasteiger partial charge in [-0.1, -0.05) is 78.3 Å². The van der Waals surface area contributed by atoms with E-state index in [4.69, 9.17) is 17.2 Å². The zero-order valence-electron chi connectivity index (χ0n) is 41.1. The molecule has 0 saturated carbocycles. The molecular formula is C45H77N13O12. The van der Waals surface area contributed by atoms with Crippen molar-refractivity contribution in [2.45, 2.75) is 141 Å². The van der Waals surface area contributed by atoms with Crippen LogP contribution in [0.15, 0.2) is 35.3 Å². The van der Waals surface area contributed by atoms with Gasteiger partial charge in [0.25, 0.3) is 0 Å². The molecule has 394 valence electrons. The van der Waals surface area contributed by atoms with Gasteiger partial charge in [0.1, 0.15) is 42.3 Å². The maximum absolute atomic E-state index is 14.3. The van der Waals surface area contributed by atoms with Crippen LogP contribution in [-0.4, -0.2) is 167 Å². The number of hydrogen-bond donors (Lipinski definition) is 16. The van der Waals surface area contributed by atoms with Gasteiger partial charge in [0.05, 0.1) is 44.1 Å². The molecule has 0 bridgehead atoms. The first-order valence-electron chi connectivity index (χ1n) is 23.5. The lowest BCUT2D eigenvalue weighted by atomic mass is 9.95. The molecule has 1 aromatic rings. The number of nitrogens with zero attached hydrogens (tertiary/aromatic N) is 1. The molecule has 0 radical (unpaired) electrons. The van der Waals surface area contributed by atoms with E-state index >= 15 is 0 Å². The molecule has 1 aliphatic heterocycles. The third-order valence-corrected chi connectivity index (χ3v) is 11.6. The number of guanidine groups is 1. The summed E-state index contributed by atoms with van der Waals surface area (Å²) in [6.07, 6.45) is -2.25. The van der Waals surface area contributed by atoms with Gasteiger partial charge in [0.15, 0.2) is 5.96 Å². The number of rotatable bonds is 14. The smallest absolute Gasteiger partial charge is 0.245 e. The van der Waals surface area contributed by atoms with Gasteiger partial charge in [0.2, 0.25) is 47.3 Å². The zero-order valence-corrected chi connectivity index (χ0v) is 41.1. The van der Waals surface area contributed by atoms with Gasteiger partial charge in [-0.15, -0.1) is 0 Å². The van der Waals surface area contributed by atoms with Crippen molar-refractivity contribution in [2.24, 2.45) is 39.9 Å². The van der Waals surface area contributed by atoms with Crippen LogP contribution in [-0.2, 0) is 38.4 Å². The summed E-state index contributed by atoms with van der Waals surface area (Å²) >= 11 is 0. The fourth-order valence-electron chi connectivity index (χ4n) is 7.21. The van der Waals surface area contributed by atoms with E-state index < -0.39 is 145 Å². The molecule has 25 heteroatoms. The molecule has 1 heterocycles. The van der Waals surface area contributed by atoms with Gasteiger partial charge in [-0.05, 0) is 49.5 Å². The summed E-state index contributed by atoms with van der Waals surface area (Å²) in [5.74, 6) is -8.95. The highest BCUT2D eigenvalue weighted by Crippen LogP contribution is 2.18. The number of aliphatic imine (C=N–C) groups is 1. The molecule has 8 amide bonds. The average molecular weight is 992 g/mol. The van der Waals surface area contributed by atoms with E-state index in [1.807, 2.05) is 0 Å². The third kappa shape index (κ3) is 19.4. The monoisotopic (exact) mass is 992 g/mol. The molecule has 25 nitrogen and oxygen atoms in total. The van der Waals surface area contributed by atoms with Crippen molar-refractivity contribution in [3.05, 3.63) is 35.9 Å². The molecule has 0 aliphatic carbocycles. The maximum atomic E-state index is 14.3. The van der Waals surface area contributed by atoms with Gasteiger partial charge in [0, 0.05) is 13.1 Å². The Bertz CT molecular complexity index is 1920. The number of carbonyl (C=O) groups is 8. The zero-order chi connectivity index (χ0) is 52.8. The average Bonchev–Trinajstić information content (AvgIpc) is 3.31. The Balaban J connectivity index is 2.75. The van der Waals surface area contributed by atoms with Crippen LogP contribution in [0.3, 0.4) is 0 Å². The summed E-state index contributed by atoms with van der Waals surface area (Å²) in [6.45, 7) is 8.99. The Morgan fingerprint density at radius 3 is 1.76 bits per heavy atom. The summed E-state index contributed by atoms with van der Waals surface area (Å²) in [6, 6.07) is -5.28. The van der Waals surface area contributed by atoms with E-state index in [-0.39, 0.29) is 49.8 Å². The van der Waals surface area contributed by atoms with Crippen molar-refractivity contribution in [3.8, 4) is 0 Å². The highest BCUT2D eigenvalue weighted by atomic mass is 16.3. The summed E-state index contributed by atoms with van der Waals surface area (Å²) < 4.78 is 0. The number of aliphatic hydroxyl groups excluding tert-OH is 4. The van der Waals surface area contributed by atoms with Gasteiger partial charge >= 0.3 is 0 Å². The van der Waals surface area contributed by atoms with E-state index in [9.17, 15) is 58.8 Å². The van der Waals surface area contributed by atoms with Crippen LogP contribution in [0.1, 0.15) is 85.8 Å². The van der Waals surface area contributed by atoms with Crippen LogP contribution in [0.2, 0.25) is 0 Å².